The normalized spacial score (nSPS) is 10.2. The maximum atomic E-state index is 11.8. The number of halogens is 1. The van der Waals surface area contributed by atoms with Crippen molar-refractivity contribution in [2.24, 2.45) is 5.73 Å². The summed E-state index contributed by atoms with van der Waals surface area (Å²) in [6.07, 6.45) is 3.50. The molecule has 19 heavy (non-hydrogen) atoms. The first-order chi connectivity index (χ1) is 9.04. The molecule has 0 aliphatic heterocycles. The fraction of sp³-hybridized carbons (Fsp3) is 0.0833. The average molecular weight is 386 g/mol. The zero-order valence-electron chi connectivity index (χ0n) is 9.84. The summed E-state index contributed by atoms with van der Waals surface area (Å²) in [5.74, 6) is -0.137. The lowest BCUT2D eigenvalue weighted by Gasteiger charge is -2.06. The monoisotopic (exact) mass is 386 g/mol. The molecule has 3 N–H and O–H groups in total. The van der Waals surface area contributed by atoms with E-state index in [0.29, 0.717) is 10.7 Å². The predicted octanol–water partition coefficient (Wildman–Crippen LogP) is 1.76. The molecular formula is C12H11IN4OS. The summed E-state index contributed by atoms with van der Waals surface area (Å²) in [7, 11) is 0. The molecular weight excluding hydrogens is 375 g/mol. The molecule has 7 heteroatoms. The first kappa shape index (κ1) is 13.9. The molecule has 0 saturated carbocycles. The van der Waals surface area contributed by atoms with E-state index in [0.717, 1.165) is 9.13 Å². The molecule has 1 aromatic carbocycles. The summed E-state index contributed by atoms with van der Waals surface area (Å²) in [6, 6.07) is 7.07. The van der Waals surface area contributed by atoms with Crippen molar-refractivity contribution in [3.63, 3.8) is 0 Å². The lowest BCUT2D eigenvalue weighted by molar-refractivity contribution is -0.116. The van der Waals surface area contributed by atoms with Crippen LogP contribution in [-0.2, 0) is 11.3 Å². The number of amides is 1. The first-order valence-electron chi connectivity index (χ1n) is 5.42. The van der Waals surface area contributed by atoms with Crippen molar-refractivity contribution >= 4 is 51.4 Å². The van der Waals surface area contributed by atoms with E-state index in [9.17, 15) is 4.79 Å². The smallest absolute Gasteiger partial charge is 0.246 e. The van der Waals surface area contributed by atoms with Crippen molar-refractivity contribution in [3.8, 4) is 0 Å². The number of nitrogens with two attached hydrogens (primary N) is 1. The fourth-order valence-corrected chi connectivity index (χ4v) is 2.07. The summed E-state index contributed by atoms with van der Waals surface area (Å²) in [5.41, 5.74) is 6.97. The van der Waals surface area contributed by atoms with Gasteiger partial charge in [-0.3, -0.25) is 9.48 Å². The van der Waals surface area contributed by atoms with Gasteiger partial charge in [0, 0.05) is 17.4 Å². The molecule has 0 unspecified atom stereocenters. The fourth-order valence-electron chi connectivity index (χ4n) is 1.49. The Kier molecular flexibility index (Phi) is 4.48. The molecule has 1 amide bonds. The van der Waals surface area contributed by atoms with E-state index in [1.807, 2.05) is 0 Å². The second-order valence-electron chi connectivity index (χ2n) is 3.85. The van der Waals surface area contributed by atoms with Crippen molar-refractivity contribution in [2.45, 2.75) is 6.54 Å². The van der Waals surface area contributed by atoms with Crippen LogP contribution in [0.25, 0.3) is 0 Å². The van der Waals surface area contributed by atoms with E-state index in [1.165, 1.54) is 0 Å². The highest BCUT2D eigenvalue weighted by molar-refractivity contribution is 14.1. The number of rotatable bonds is 4. The van der Waals surface area contributed by atoms with Crippen molar-refractivity contribution < 1.29 is 4.79 Å². The molecule has 0 bridgehead atoms. The Morgan fingerprint density at radius 1 is 1.42 bits per heavy atom. The van der Waals surface area contributed by atoms with E-state index in [4.69, 9.17) is 18.0 Å². The van der Waals surface area contributed by atoms with E-state index in [-0.39, 0.29) is 12.5 Å². The van der Waals surface area contributed by atoms with Crippen molar-refractivity contribution in [1.29, 1.82) is 0 Å². The predicted molar refractivity (Wildman–Crippen MR) is 85.9 cm³/mol. The summed E-state index contributed by atoms with van der Waals surface area (Å²) in [6.45, 7) is 0.181. The molecule has 98 valence electrons. The van der Waals surface area contributed by atoms with E-state index in [2.05, 4.69) is 33.0 Å². The summed E-state index contributed by atoms with van der Waals surface area (Å²) < 4.78 is 2.58. The highest BCUT2D eigenvalue weighted by Gasteiger charge is 2.05. The molecule has 0 saturated heterocycles. The minimum Gasteiger partial charge on any atom is -0.389 e. The van der Waals surface area contributed by atoms with Gasteiger partial charge in [-0.1, -0.05) is 12.2 Å². The second-order valence-corrected chi connectivity index (χ2v) is 5.53. The van der Waals surface area contributed by atoms with Gasteiger partial charge in [0.1, 0.15) is 11.5 Å². The molecule has 0 spiro atoms. The number of hydrogen-bond acceptors (Lipinski definition) is 3. The molecule has 0 atom stereocenters. The largest absolute Gasteiger partial charge is 0.389 e. The molecule has 0 aliphatic rings. The van der Waals surface area contributed by atoms with Gasteiger partial charge in [-0.2, -0.15) is 5.10 Å². The number of carbonyl (C=O) groups is 1. The lowest BCUT2D eigenvalue weighted by Crippen LogP contribution is -2.19. The third kappa shape index (κ3) is 4.00. The quantitative estimate of drug-likeness (QED) is 0.621. The third-order valence-corrected chi connectivity index (χ3v) is 3.15. The maximum Gasteiger partial charge on any atom is 0.246 e. The Morgan fingerprint density at radius 3 is 2.63 bits per heavy atom. The van der Waals surface area contributed by atoms with Gasteiger partial charge in [0.15, 0.2) is 0 Å². The van der Waals surface area contributed by atoms with Crippen LogP contribution in [0.5, 0.6) is 0 Å². The lowest BCUT2D eigenvalue weighted by atomic mass is 10.2. The van der Waals surface area contributed by atoms with Crippen LogP contribution in [0.15, 0.2) is 36.7 Å². The Balaban J connectivity index is 1.97. The molecule has 2 rings (SSSR count). The SMILES string of the molecule is NC(=S)c1ccc(NC(=O)Cn2cc(I)cn2)cc1. The van der Waals surface area contributed by atoms with Crippen molar-refractivity contribution in [1.82, 2.24) is 9.78 Å². The number of hydrogen-bond donors (Lipinski definition) is 2. The first-order valence-corrected chi connectivity index (χ1v) is 6.91. The number of nitrogens with zero attached hydrogens (tertiary/aromatic N) is 2. The van der Waals surface area contributed by atoms with Gasteiger partial charge in [0.25, 0.3) is 0 Å². The van der Waals surface area contributed by atoms with Gasteiger partial charge in [0.05, 0.1) is 9.77 Å². The topological polar surface area (TPSA) is 72.9 Å². The van der Waals surface area contributed by atoms with Gasteiger partial charge in [0.2, 0.25) is 5.91 Å². The zero-order chi connectivity index (χ0) is 13.8. The van der Waals surface area contributed by atoms with Crippen LogP contribution >= 0.6 is 34.8 Å². The van der Waals surface area contributed by atoms with Crippen LogP contribution in [0.1, 0.15) is 5.56 Å². The molecule has 0 aliphatic carbocycles. The van der Waals surface area contributed by atoms with Crippen molar-refractivity contribution in [3.05, 3.63) is 45.8 Å². The van der Waals surface area contributed by atoms with Gasteiger partial charge in [-0.05, 0) is 46.9 Å². The molecule has 1 aromatic heterocycles. The number of aromatic nitrogens is 2. The minimum absolute atomic E-state index is 0.137. The standard InChI is InChI=1S/C12H11IN4OS/c13-9-5-15-17(6-9)7-11(18)16-10-3-1-8(2-4-10)12(14)19/h1-6H,7H2,(H2,14,19)(H,16,18). The molecule has 5 nitrogen and oxygen atoms in total. The van der Waals surface area contributed by atoms with Gasteiger partial charge in [-0.15, -0.1) is 0 Å². The maximum absolute atomic E-state index is 11.8. The van der Waals surface area contributed by atoms with E-state index < -0.39 is 0 Å². The minimum atomic E-state index is -0.137. The number of benzene rings is 1. The molecule has 2 aromatic rings. The van der Waals surface area contributed by atoms with E-state index >= 15 is 0 Å². The Hall–Kier alpha value is -1.48. The average Bonchev–Trinajstić information content (AvgIpc) is 2.75. The van der Waals surface area contributed by atoms with E-state index in [1.54, 1.807) is 41.3 Å². The number of nitrogens with one attached hydrogen (secondary N) is 1. The van der Waals surface area contributed by atoms with Gasteiger partial charge >= 0.3 is 0 Å². The summed E-state index contributed by atoms with van der Waals surface area (Å²) in [5, 5.41) is 6.83. The molecule has 0 radical (unpaired) electrons. The van der Waals surface area contributed by atoms with Crippen LogP contribution in [0.4, 0.5) is 5.69 Å². The van der Waals surface area contributed by atoms with Crippen LogP contribution in [-0.4, -0.2) is 20.7 Å². The van der Waals surface area contributed by atoms with Gasteiger partial charge < -0.3 is 11.1 Å². The molecule has 1 heterocycles. The number of carbonyl (C=O) groups excluding carboxylic acids is 1. The van der Waals surface area contributed by atoms with Crippen LogP contribution in [0, 0.1) is 3.57 Å². The second kappa shape index (κ2) is 6.11. The van der Waals surface area contributed by atoms with Gasteiger partial charge in [-0.25, -0.2) is 0 Å². The third-order valence-electron chi connectivity index (χ3n) is 2.36. The van der Waals surface area contributed by atoms with Crippen LogP contribution in [0.3, 0.4) is 0 Å². The Morgan fingerprint density at radius 2 is 2.11 bits per heavy atom. The van der Waals surface area contributed by atoms with Crippen molar-refractivity contribution in [2.75, 3.05) is 5.32 Å². The van der Waals surface area contributed by atoms with Crippen LogP contribution < -0.4 is 11.1 Å². The number of thiocarbonyl (C=S) groups is 1. The highest BCUT2D eigenvalue weighted by Crippen LogP contribution is 2.09. The Labute approximate surface area is 129 Å². The molecule has 0 fully saturated rings. The Bertz CT molecular complexity index is 608. The van der Waals surface area contributed by atoms with Crippen LogP contribution in [0.2, 0.25) is 0 Å². The summed E-state index contributed by atoms with van der Waals surface area (Å²) >= 11 is 7.00. The highest BCUT2D eigenvalue weighted by atomic mass is 127. The zero-order valence-corrected chi connectivity index (χ0v) is 12.8. The summed E-state index contributed by atoms with van der Waals surface area (Å²) in [4.78, 5) is 12.1. The number of anilines is 1.